The predicted molar refractivity (Wildman–Crippen MR) is 97.0 cm³/mol. The Morgan fingerprint density at radius 3 is 2.27 bits per heavy atom. The Balaban J connectivity index is 0. The van der Waals surface area contributed by atoms with Crippen molar-refractivity contribution < 1.29 is 56.6 Å². The summed E-state index contributed by atoms with van der Waals surface area (Å²) in [5, 5.41) is 8.57. The van der Waals surface area contributed by atoms with Crippen molar-refractivity contribution in [3.05, 3.63) is 12.2 Å². The number of carbonyl (C=O) groups is 1. The van der Waals surface area contributed by atoms with Crippen molar-refractivity contribution in [1.29, 1.82) is 0 Å². The molecule has 0 radical (unpaired) electrons. The zero-order chi connectivity index (χ0) is 19.0. The fourth-order valence-corrected chi connectivity index (χ4v) is 3.11. The van der Waals surface area contributed by atoms with E-state index in [4.69, 9.17) is 5.11 Å². The van der Waals surface area contributed by atoms with E-state index >= 15 is 0 Å². The van der Waals surface area contributed by atoms with E-state index in [0.717, 1.165) is 12.8 Å². The molecule has 0 fully saturated rings. The van der Waals surface area contributed by atoms with Gasteiger partial charge in [0.05, 0.1) is 6.10 Å². The summed E-state index contributed by atoms with van der Waals surface area (Å²) >= 11 is 0. The second kappa shape index (κ2) is 18.4. The summed E-state index contributed by atoms with van der Waals surface area (Å²) in [7, 11) is -4.72. The Bertz CT molecular complexity index is 464. The Labute approximate surface area is 181 Å². The van der Waals surface area contributed by atoms with E-state index in [1.54, 1.807) is 0 Å². The van der Waals surface area contributed by atoms with Crippen LogP contribution in [-0.2, 0) is 19.4 Å². The SMILES string of the molecule is CCCCCCCCC=CCC(CCCCCC(=O)O)OS(=O)(=O)[O-].[Na+]. The molecule has 8 heteroatoms. The van der Waals surface area contributed by atoms with E-state index in [0.29, 0.717) is 32.1 Å². The van der Waals surface area contributed by atoms with Crippen molar-refractivity contribution in [1.82, 2.24) is 0 Å². The first-order valence-corrected chi connectivity index (χ1v) is 10.7. The molecule has 0 aliphatic rings. The number of rotatable bonds is 17. The fourth-order valence-electron chi connectivity index (χ4n) is 2.61. The van der Waals surface area contributed by atoms with Crippen LogP contribution in [0.15, 0.2) is 12.2 Å². The van der Waals surface area contributed by atoms with Gasteiger partial charge >= 0.3 is 35.5 Å². The molecule has 26 heavy (non-hydrogen) atoms. The van der Waals surface area contributed by atoms with Gasteiger partial charge in [0.15, 0.2) is 0 Å². The smallest absolute Gasteiger partial charge is 0.726 e. The quantitative estimate of drug-likeness (QED) is 0.131. The molecule has 1 N–H and O–H groups in total. The van der Waals surface area contributed by atoms with E-state index in [9.17, 15) is 17.8 Å². The fraction of sp³-hybridized carbons (Fsp3) is 0.833. The molecule has 0 spiro atoms. The van der Waals surface area contributed by atoms with Gasteiger partial charge in [-0.25, -0.2) is 8.42 Å². The molecule has 0 heterocycles. The van der Waals surface area contributed by atoms with Crippen molar-refractivity contribution in [2.45, 2.75) is 96.5 Å². The second-order valence-corrected chi connectivity index (χ2v) is 7.39. The minimum absolute atomic E-state index is 0. The van der Waals surface area contributed by atoms with Gasteiger partial charge in [0.2, 0.25) is 10.4 Å². The number of carboxylic acid groups (broad SMARTS) is 1. The van der Waals surface area contributed by atoms with Gasteiger partial charge in [-0.1, -0.05) is 64.0 Å². The average Bonchev–Trinajstić information content (AvgIpc) is 2.51. The van der Waals surface area contributed by atoms with Crippen LogP contribution in [-0.4, -0.2) is 30.2 Å². The van der Waals surface area contributed by atoms with Crippen molar-refractivity contribution in [2.24, 2.45) is 0 Å². The van der Waals surface area contributed by atoms with Crippen LogP contribution in [0.2, 0.25) is 0 Å². The summed E-state index contributed by atoms with van der Waals surface area (Å²) in [6, 6.07) is 0. The summed E-state index contributed by atoms with van der Waals surface area (Å²) in [5.41, 5.74) is 0. The van der Waals surface area contributed by atoms with Crippen LogP contribution >= 0.6 is 0 Å². The Hall–Kier alpha value is 0.0800. The summed E-state index contributed by atoms with van der Waals surface area (Å²) in [5.74, 6) is -0.840. The Morgan fingerprint density at radius 2 is 1.65 bits per heavy atom. The van der Waals surface area contributed by atoms with Gasteiger partial charge in [-0.2, -0.15) is 0 Å². The summed E-state index contributed by atoms with van der Waals surface area (Å²) in [6.45, 7) is 2.19. The van der Waals surface area contributed by atoms with E-state index in [1.165, 1.54) is 32.1 Å². The molecule has 0 saturated carbocycles. The molecule has 1 unspecified atom stereocenters. The van der Waals surface area contributed by atoms with Crippen molar-refractivity contribution >= 4 is 16.4 Å². The molecule has 0 aromatic heterocycles. The molecule has 0 saturated heterocycles. The number of aliphatic carboxylic acids is 1. The number of carboxylic acids is 1. The van der Waals surface area contributed by atoms with Gasteiger partial charge in [-0.15, -0.1) is 0 Å². The van der Waals surface area contributed by atoms with Gasteiger partial charge in [0.1, 0.15) is 0 Å². The third-order valence-electron chi connectivity index (χ3n) is 3.96. The second-order valence-electron chi connectivity index (χ2n) is 6.38. The maximum Gasteiger partial charge on any atom is 1.00 e. The van der Waals surface area contributed by atoms with Crippen molar-refractivity contribution in [3.63, 3.8) is 0 Å². The van der Waals surface area contributed by atoms with E-state index in [1.807, 2.05) is 12.2 Å². The minimum Gasteiger partial charge on any atom is -0.726 e. The maximum absolute atomic E-state index is 10.8. The summed E-state index contributed by atoms with van der Waals surface area (Å²) < 4.78 is 37.0. The van der Waals surface area contributed by atoms with E-state index in [-0.39, 0.29) is 36.0 Å². The van der Waals surface area contributed by atoms with Gasteiger partial charge in [0, 0.05) is 6.42 Å². The Kier molecular flexibility index (Phi) is 20.1. The molecule has 0 amide bonds. The van der Waals surface area contributed by atoms with Gasteiger partial charge < -0.3 is 9.66 Å². The first-order chi connectivity index (χ1) is 11.8. The van der Waals surface area contributed by atoms with E-state index < -0.39 is 22.5 Å². The zero-order valence-corrected chi connectivity index (χ0v) is 19.1. The summed E-state index contributed by atoms with van der Waals surface area (Å²) in [4.78, 5) is 10.4. The predicted octanol–water partition coefficient (Wildman–Crippen LogP) is 1.57. The van der Waals surface area contributed by atoms with Crippen molar-refractivity contribution in [3.8, 4) is 0 Å². The van der Waals surface area contributed by atoms with Gasteiger partial charge in [-0.3, -0.25) is 8.98 Å². The van der Waals surface area contributed by atoms with Crippen molar-refractivity contribution in [2.75, 3.05) is 0 Å². The molecule has 0 rings (SSSR count). The van der Waals surface area contributed by atoms with Crippen LogP contribution < -0.4 is 29.6 Å². The molecule has 0 bridgehead atoms. The number of hydrogen-bond donors (Lipinski definition) is 1. The number of hydrogen-bond acceptors (Lipinski definition) is 5. The minimum atomic E-state index is -4.72. The van der Waals surface area contributed by atoms with Crippen LogP contribution in [0, 0.1) is 0 Å². The molecule has 0 aromatic carbocycles. The zero-order valence-electron chi connectivity index (χ0n) is 16.3. The monoisotopic (exact) mass is 400 g/mol. The topological polar surface area (TPSA) is 104 Å². The Morgan fingerprint density at radius 1 is 1.04 bits per heavy atom. The normalized spacial score (nSPS) is 12.8. The van der Waals surface area contributed by atoms with Gasteiger partial charge in [-0.05, 0) is 32.1 Å². The molecule has 0 aliphatic carbocycles. The first-order valence-electron chi connectivity index (χ1n) is 9.36. The standard InChI is InChI=1S/C18H34O6S.Na/c1-2-3-4-5-6-7-8-9-11-14-17(24-25(21,22)23)15-12-10-13-16-18(19)20;/h9,11,17H,2-8,10,12-16H2,1H3,(H,19,20)(H,21,22,23);/q;+1/p-1. The molecule has 0 aliphatic heterocycles. The molecule has 0 aromatic rings. The third-order valence-corrected chi connectivity index (χ3v) is 4.47. The van der Waals surface area contributed by atoms with Crippen LogP contribution in [0.25, 0.3) is 0 Å². The number of unbranched alkanes of at least 4 members (excludes halogenated alkanes) is 8. The largest absolute Gasteiger partial charge is 1.00 e. The van der Waals surface area contributed by atoms with E-state index in [2.05, 4.69) is 11.1 Å². The summed E-state index contributed by atoms with van der Waals surface area (Å²) in [6.07, 6.45) is 14.3. The first kappa shape index (κ1) is 28.3. The maximum atomic E-state index is 10.8. The molecular formula is C18H33NaO6S. The average molecular weight is 401 g/mol. The third kappa shape index (κ3) is 22.1. The number of allylic oxidation sites excluding steroid dienone is 1. The van der Waals surface area contributed by atoms with Gasteiger partial charge in [0.25, 0.3) is 0 Å². The molecule has 6 nitrogen and oxygen atoms in total. The van der Waals surface area contributed by atoms with Crippen LogP contribution in [0.4, 0.5) is 0 Å². The molecule has 1 atom stereocenters. The molecular weight excluding hydrogens is 367 g/mol. The van der Waals surface area contributed by atoms with Crippen LogP contribution in [0.3, 0.4) is 0 Å². The molecule has 148 valence electrons. The van der Waals surface area contributed by atoms with Crippen LogP contribution in [0.1, 0.15) is 90.4 Å². The van der Waals surface area contributed by atoms with Crippen LogP contribution in [0.5, 0.6) is 0 Å².